The van der Waals surface area contributed by atoms with E-state index in [4.69, 9.17) is 20.0 Å². The normalized spacial score (nSPS) is 19.0. The van der Waals surface area contributed by atoms with Gasteiger partial charge in [0.2, 0.25) is 0 Å². The van der Waals surface area contributed by atoms with Crippen LogP contribution in [0.5, 0.6) is 0 Å². The van der Waals surface area contributed by atoms with Crippen LogP contribution in [-0.2, 0) is 14.3 Å². The second-order valence-electron chi connectivity index (χ2n) is 11.3. The van der Waals surface area contributed by atoms with E-state index < -0.39 is 17.4 Å². The third-order valence-electron chi connectivity index (χ3n) is 8.82. The molecule has 0 radical (unpaired) electrons. The Morgan fingerprint density at radius 1 is 0.767 bits per heavy atom. The molecule has 11 heteroatoms. The Morgan fingerprint density at radius 3 is 1.65 bits per heavy atom. The summed E-state index contributed by atoms with van der Waals surface area (Å²) in [6.45, 7) is 1.34. The Labute approximate surface area is 264 Å². The number of ether oxygens (including phenoxy) is 2. The van der Waals surface area contributed by atoms with E-state index >= 15 is 0 Å². The first-order valence-corrected chi connectivity index (χ1v) is 15.9. The summed E-state index contributed by atoms with van der Waals surface area (Å²) in [5.41, 5.74) is 1.72. The highest BCUT2D eigenvalue weighted by molar-refractivity contribution is 9.11. The summed E-state index contributed by atoms with van der Waals surface area (Å²) in [4.78, 5) is 11.3. The van der Waals surface area contributed by atoms with E-state index in [9.17, 15) is 13.6 Å². The SMILES string of the molecule is N#Cc1cc2c(Br)cn(C3CCC(=O)CC3)c2cc1F.N#Cc1cc2c(Br)cn(C3CCC4(CC3)OCCO4)c2cc1F. The Bertz CT molecular complexity index is 1790. The molecule has 2 aromatic carbocycles. The van der Waals surface area contributed by atoms with Gasteiger partial charge in [0.05, 0.1) is 35.4 Å². The summed E-state index contributed by atoms with van der Waals surface area (Å²) in [6, 6.07) is 10.3. The Kier molecular flexibility index (Phi) is 8.45. The number of benzene rings is 2. The molecule has 0 atom stereocenters. The maximum atomic E-state index is 14.0. The van der Waals surface area contributed by atoms with Crippen molar-refractivity contribution in [1.29, 1.82) is 10.5 Å². The van der Waals surface area contributed by atoms with Crippen LogP contribution in [-0.4, -0.2) is 33.9 Å². The molecule has 4 aromatic rings. The van der Waals surface area contributed by atoms with Crippen molar-refractivity contribution < 1.29 is 23.0 Å². The summed E-state index contributed by atoms with van der Waals surface area (Å²) in [5, 5.41) is 19.6. The average Bonchev–Trinajstić information content (AvgIpc) is 3.69. The summed E-state index contributed by atoms with van der Waals surface area (Å²) in [5.74, 6) is -1.06. The van der Waals surface area contributed by atoms with Crippen molar-refractivity contribution in [1.82, 2.24) is 9.13 Å². The zero-order valence-electron chi connectivity index (χ0n) is 23.2. The van der Waals surface area contributed by atoms with Gasteiger partial charge in [0, 0.05) is 69.9 Å². The number of Topliss-reactive ketones (excluding diaryl/α,β-unsaturated/α-hetero) is 1. The van der Waals surface area contributed by atoms with Gasteiger partial charge in [0.1, 0.15) is 29.6 Å². The van der Waals surface area contributed by atoms with Gasteiger partial charge < -0.3 is 18.6 Å². The fourth-order valence-electron chi connectivity index (χ4n) is 6.54. The molecule has 0 bridgehead atoms. The fourth-order valence-corrected chi connectivity index (χ4v) is 7.62. The van der Waals surface area contributed by atoms with Crippen LogP contribution < -0.4 is 0 Å². The Hall–Kier alpha value is -3.09. The molecule has 2 aromatic heterocycles. The molecule has 222 valence electrons. The van der Waals surface area contributed by atoms with E-state index in [1.807, 2.05) is 29.1 Å². The molecule has 7 rings (SSSR count). The lowest BCUT2D eigenvalue weighted by atomic mass is 9.90. The highest BCUT2D eigenvalue weighted by Gasteiger charge is 2.41. The molecule has 1 aliphatic heterocycles. The number of halogens is 4. The molecule has 0 amide bonds. The largest absolute Gasteiger partial charge is 0.348 e. The fraction of sp³-hybridized carbons (Fsp3) is 0.406. The Balaban J connectivity index is 0.000000155. The predicted octanol–water partition coefficient (Wildman–Crippen LogP) is 8.37. The lowest BCUT2D eigenvalue weighted by Crippen LogP contribution is -2.35. The summed E-state index contributed by atoms with van der Waals surface area (Å²) in [7, 11) is 0. The molecule has 2 saturated carbocycles. The van der Waals surface area contributed by atoms with Crippen LogP contribution in [0.3, 0.4) is 0 Å². The average molecular weight is 714 g/mol. The molecule has 0 unspecified atom stereocenters. The van der Waals surface area contributed by atoms with E-state index in [1.54, 1.807) is 12.1 Å². The van der Waals surface area contributed by atoms with Crippen LogP contribution >= 0.6 is 31.9 Å². The number of rotatable bonds is 2. The summed E-state index contributed by atoms with van der Waals surface area (Å²) in [6.07, 6.45) is 10.2. The number of carbonyl (C=O) groups excluding carboxylic acids is 1. The summed E-state index contributed by atoms with van der Waals surface area (Å²) >= 11 is 6.99. The van der Waals surface area contributed by atoms with E-state index in [1.165, 1.54) is 12.1 Å². The molecule has 1 spiro atoms. The van der Waals surface area contributed by atoms with Crippen LogP contribution in [0.2, 0.25) is 0 Å². The van der Waals surface area contributed by atoms with Crippen LogP contribution in [0.25, 0.3) is 21.8 Å². The first kappa shape index (κ1) is 30.0. The monoisotopic (exact) mass is 712 g/mol. The van der Waals surface area contributed by atoms with E-state index in [0.29, 0.717) is 31.8 Å². The number of carbonyl (C=O) groups is 1. The van der Waals surface area contributed by atoms with Gasteiger partial charge in [-0.25, -0.2) is 8.78 Å². The first-order valence-electron chi connectivity index (χ1n) is 14.3. The van der Waals surface area contributed by atoms with Crippen LogP contribution in [0, 0.1) is 34.3 Å². The molecule has 3 aliphatic rings. The van der Waals surface area contributed by atoms with Crippen LogP contribution in [0.4, 0.5) is 8.78 Å². The molecule has 7 nitrogen and oxygen atoms in total. The predicted molar refractivity (Wildman–Crippen MR) is 163 cm³/mol. The minimum absolute atomic E-state index is 0.0507. The maximum absolute atomic E-state index is 14.0. The van der Waals surface area contributed by atoms with Crippen molar-refractivity contribution in [2.75, 3.05) is 13.2 Å². The number of ketones is 1. The number of hydrogen-bond acceptors (Lipinski definition) is 5. The second-order valence-corrected chi connectivity index (χ2v) is 13.0. The van der Waals surface area contributed by atoms with E-state index in [2.05, 4.69) is 36.4 Å². The number of nitrogens with zero attached hydrogens (tertiary/aromatic N) is 4. The van der Waals surface area contributed by atoms with Crippen molar-refractivity contribution in [3.05, 3.63) is 68.4 Å². The van der Waals surface area contributed by atoms with Gasteiger partial charge in [-0.3, -0.25) is 4.79 Å². The number of aromatic nitrogens is 2. The number of nitriles is 2. The molecular formula is C32H28Br2F2N4O3. The number of fused-ring (bicyclic) bond motifs is 2. The maximum Gasteiger partial charge on any atom is 0.168 e. The van der Waals surface area contributed by atoms with Crippen molar-refractivity contribution >= 4 is 59.4 Å². The van der Waals surface area contributed by atoms with Gasteiger partial charge in [0.15, 0.2) is 5.79 Å². The molecule has 0 N–H and O–H groups in total. The smallest absolute Gasteiger partial charge is 0.168 e. The van der Waals surface area contributed by atoms with Crippen molar-refractivity contribution in [3.63, 3.8) is 0 Å². The zero-order valence-corrected chi connectivity index (χ0v) is 26.4. The van der Waals surface area contributed by atoms with Gasteiger partial charge in [-0.15, -0.1) is 0 Å². The van der Waals surface area contributed by atoms with Gasteiger partial charge in [-0.1, -0.05) is 0 Å². The molecule has 43 heavy (non-hydrogen) atoms. The highest BCUT2D eigenvalue weighted by Crippen LogP contribution is 2.42. The molecule has 2 aliphatic carbocycles. The molecule has 3 heterocycles. The van der Waals surface area contributed by atoms with E-state index in [0.717, 1.165) is 69.3 Å². The van der Waals surface area contributed by atoms with Gasteiger partial charge in [-0.2, -0.15) is 10.5 Å². The van der Waals surface area contributed by atoms with Crippen LogP contribution in [0.1, 0.15) is 74.6 Å². The van der Waals surface area contributed by atoms with Crippen molar-refractivity contribution in [3.8, 4) is 12.1 Å². The molecular weight excluding hydrogens is 686 g/mol. The second kappa shape index (κ2) is 12.1. The number of hydrogen-bond donors (Lipinski definition) is 0. The highest BCUT2D eigenvalue weighted by atomic mass is 79.9. The zero-order chi connectivity index (χ0) is 30.3. The van der Waals surface area contributed by atoms with Crippen molar-refractivity contribution in [2.24, 2.45) is 0 Å². The van der Waals surface area contributed by atoms with Crippen LogP contribution in [0.15, 0.2) is 45.6 Å². The third-order valence-corrected chi connectivity index (χ3v) is 10.1. The summed E-state index contributed by atoms with van der Waals surface area (Å²) < 4.78 is 45.3. The van der Waals surface area contributed by atoms with Crippen molar-refractivity contribution in [2.45, 2.75) is 69.2 Å². The van der Waals surface area contributed by atoms with E-state index in [-0.39, 0.29) is 23.2 Å². The minimum Gasteiger partial charge on any atom is -0.348 e. The molecule has 3 fully saturated rings. The Morgan fingerprint density at radius 2 is 1.21 bits per heavy atom. The topological polar surface area (TPSA) is 93.0 Å². The van der Waals surface area contributed by atoms with Gasteiger partial charge in [-0.05, 0) is 81.8 Å². The lowest BCUT2D eigenvalue weighted by Gasteiger charge is -2.36. The third kappa shape index (κ3) is 5.76. The quantitative estimate of drug-likeness (QED) is 0.208. The van der Waals surface area contributed by atoms with Gasteiger partial charge in [0.25, 0.3) is 0 Å². The molecule has 1 saturated heterocycles. The lowest BCUT2D eigenvalue weighted by molar-refractivity contribution is -0.181. The van der Waals surface area contributed by atoms with Gasteiger partial charge >= 0.3 is 0 Å². The minimum atomic E-state index is -0.501. The first-order chi connectivity index (χ1) is 20.7. The standard InChI is InChI=1S/C17H16BrFN2O2.C15H12BrFN2O/c18-14-10-21(16-8-15(19)11(9-20)7-13(14)16)12-1-3-17(4-2-12)22-5-6-23-17;16-13-8-19(10-1-3-11(20)4-2-10)15-6-14(17)9(7-18)5-12(13)15/h7-8,10,12H,1-6H2;5-6,8,10H,1-4H2.